The molecule has 1 saturated carbocycles. The number of ketones is 1. The van der Waals surface area contributed by atoms with E-state index in [2.05, 4.69) is 26.8 Å². The predicted molar refractivity (Wildman–Crippen MR) is 53.3 cm³/mol. The fourth-order valence-electron chi connectivity index (χ4n) is 3.06. The summed E-state index contributed by atoms with van der Waals surface area (Å²) in [6, 6.07) is 0. The second-order valence-corrected chi connectivity index (χ2v) is 5.11. The van der Waals surface area contributed by atoms with Gasteiger partial charge in [0.2, 0.25) is 0 Å². The Balaban J connectivity index is 2.27. The first-order valence-electron chi connectivity index (χ1n) is 5.28. The Hall–Kier alpha value is -0.590. The van der Waals surface area contributed by atoms with Gasteiger partial charge in [-0.3, -0.25) is 4.79 Å². The normalized spacial score (nSPS) is 43.2. The van der Waals surface area contributed by atoms with E-state index in [1.54, 1.807) is 6.08 Å². The molecule has 0 N–H and O–H groups in total. The molecule has 0 radical (unpaired) electrons. The number of carbonyl (C=O) groups excluding carboxylic acids is 1. The van der Waals surface area contributed by atoms with Gasteiger partial charge in [-0.2, -0.15) is 0 Å². The molecule has 2 aliphatic rings. The summed E-state index contributed by atoms with van der Waals surface area (Å²) in [5.41, 5.74) is -0.0328. The van der Waals surface area contributed by atoms with Gasteiger partial charge in [0.15, 0.2) is 5.78 Å². The fourth-order valence-corrected chi connectivity index (χ4v) is 3.06. The van der Waals surface area contributed by atoms with Gasteiger partial charge in [0.1, 0.15) is 0 Å². The van der Waals surface area contributed by atoms with Crippen LogP contribution in [0.5, 0.6) is 0 Å². The highest BCUT2D eigenvalue weighted by atomic mass is 16.1. The molecule has 72 valence electrons. The lowest BCUT2D eigenvalue weighted by atomic mass is 9.76. The van der Waals surface area contributed by atoms with Crippen LogP contribution in [0.15, 0.2) is 12.2 Å². The van der Waals surface area contributed by atoms with Crippen molar-refractivity contribution < 1.29 is 4.79 Å². The van der Waals surface area contributed by atoms with Crippen molar-refractivity contribution in [3.05, 3.63) is 12.2 Å². The Morgan fingerprint density at radius 1 is 1.54 bits per heavy atom. The summed E-state index contributed by atoms with van der Waals surface area (Å²) < 4.78 is 0. The van der Waals surface area contributed by atoms with Gasteiger partial charge in [-0.25, -0.2) is 0 Å². The molecule has 0 aromatic rings. The van der Waals surface area contributed by atoms with Crippen molar-refractivity contribution >= 4 is 5.78 Å². The van der Waals surface area contributed by atoms with E-state index in [-0.39, 0.29) is 5.41 Å². The van der Waals surface area contributed by atoms with E-state index in [1.165, 1.54) is 6.42 Å². The molecule has 0 spiro atoms. The van der Waals surface area contributed by atoms with Crippen LogP contribution in [0, 0.1) is 23.2 Å². The van der Waals surface area contributed by atoms with Crippen LogP contribution in [0.3, 0.4) is 0 Å². The molecule has 0 saturated heterocycles. The van der Waals surface area contributed by atoms with E-state index >= 15 is 0 Å². The van der Waals surface area contributed by atoms with Crippen LogP contribution in [-0.4, -0.2) is 5.78 Å². The van der Waals surface area contributed by atoms with Gasteiger partial charge in [0.25, 0.3) is 0 Å². The maximum absolute atomic E-state index is 11.7. The van der Waals surface area contributed by atoms with Gasteiger partial charge in [0.05, 0.1) is 0 Å². The SMILES string of the molecule is CC(C)[C@H]1CC[C@]2(C)C(=O)C=C[C@H]12. The quantitative estimate of drug-likeness (QED) is 0.603. The number of carbonyl (C=O) groups is 1. The number of rotatable bonds is 1. The van der Waals surface area contributed by atoms with Crippen molar-refractivity contribution in [1.29, 1.82) is 0 Å². The summed E-state index contributed by atoms with van der Waals surface area (Å²) in [6.07, 6.45) is 6.28. The second-order valence-electron chi connectivity index (χ2n) is 5.11. The summed E-state index contributed by atoms with van der Waals surface area (Å²) in [5, 5.41) is 0. The first-order valence-corrected chi connectivity index (χ1v) is 5.28. The smallest absolute Gasteiger partial charge is 0.161 e. The minimum atomic E-state index is -0.0328. The van der Waals surface area contributed by atoms with Crippen LogP contribution in [-0.2, 0) is 4.79 Å². The molecule has 2 rings (SSSR count). The topological polar surface area (TPSA) is 17.1 Å². The van der Waals surface area contributed by atoms with Gasteiger partial charge >= 0.3 is 0 Å². The molecule has 13 heavy (non-hydrogen) atoms. The van der Waals surface area contributed by atoms with Gasteiger partial charge in [-0.1, -0.05) is 26.8 Å². The highest BCUT2D eigenvalue weighted by Crippen LogP contribution is 2.53. The zero-order chi connectivity index (χ0) is 9.64. The Bertz CT molecular complexity index is 264. The average Bonchev–Trinajstić information content (AvgIpc) is 2.51. The second kappa shape index (κ2) is 2.70. The van der Waals surface area contributed by atoms with Crippen LogP contribution >= 0.6 is 0 Å². The molecule has 1 nitrogen and oxygen atoms in total. The number of hydrogen-bond acceptors (Lipinski definition) is 1. The zero-order valence-corrected chi connectivity index (χ0v) is 8.71. The summed E-state index contributed by atoms with van der Waals surface area (Å²) in [5.74, 6) is 2.33. The summed E-state index contributed by atoms with van der Waals surface area (Å²) in [7, 11) is 0. The Kier molecular flexibility index (Phi) is 1.86. The van der Waals surface area contributed by atoms with Crippen molar-refractivity contribution in [3.8, 4) is 0 Å². The van der Waals surface area contributed by atoms with Gasteiger partial charge in [0, 0.05) is 5.41 Å². The molecule has 0 aromatic heterocycles. The Labute approximate surface area is 80.2 Å². The number of allylic oxidation sites excluding steroid dienone is 2. The first kappa shape index (κ1) is 8.98. The zero-order valence-electron chi connectivity index (χ0n) is 8.71. The van der Waals surface area contributed by atoms with Crippen molar-refractivity contribution in [2.45, 2.75) is 33.6 Å². The van der Waals surface area contributed by atoms with E-state index in [0.717, 1.165) is 12.3 Å². The lowest BCUT2D eigenvalue weighted by Gasteiger charge is -2.26. The maximum atomic E-state index is 11.7. The van der Waals surface area contributed by atoms with Crippen molar-refractivity contribution in [1.82, 2.24) is 0 Å². The fraction of sp³-hybridized carbons (Fsp3) is 0.750. The predicted octanol–water partition coefficient (Wildman–Crippen LogP) is 2.81. The molecule has 0 unspecified atom stereocenters. The van der Waals surface area contributed by atoms with E-state index in [9.17, 15) is 4.79 Å². The van der Waals surface area contributed by atoms with E-state index < -0.39 is 0 Å². The van der Waals surface area contributed by atoms with Crippen molar-refractivity contribution in [2.75, 3.05) is 0 Å². The monoisotopic (exact) mass is 178 g/mol. The largest absolute Gasteiger partial charge is 0.294 e. The lowest BCUT2D eigenvalue weighted by molar-refractivity contribution is -0.123. The maximum Gasteiger partial charge on any atom is 0.161 e. The average molecular weight is 178 g/mol. The first-order chi connectivity index (χ1) is 6.05. The molecule has 2 aliphatic carbocycles. The number of hydrogen-bond donors (Lipinski definition) is 0. The van der Waals surface area contributed by atoms with Gasteiger partial charge in [-0.05, 0) is 36.7 Å². The molecule has 0 aromatic carbocycles. The minimum Gasteiger partial charge on any atom is -0.294 e. The van der Waals surface area contributed by atoms with Crippen LogP contribution in [0.25, 0.3) is 0 Å². The molecule has 0 bridgehead atoms. The lowest BCUT2D eigenvalue weighted by Crippen LogP contribution is -2.28. The molecule has 1 fully saturated rings. The number of fused-ring (bicyclic) bond motifs is 1. The molecule has 1 heteroatoms. The van der Waals surface area contributed by atoms with Crippen LogP contribution in [0.4, 0.5) is 0 Å². The third-order valence-electron chi connectivity index (χ3n) is 4.07. The van der Waals surface area contributed by atoms with Crippen LogP contribution in [0.1, 0.15) is 33.6 Å². The molecule has 0 aliphatic heterocycles. The summed E-state index contributed by atoms with van der Waals surface area (Å²) in [6.45, 7) is 6.68. The van der Waals surface area contributed by atoms with E-state index in [1.807, 2.05) is 0 Å². The highest BCUT2D eigenvalue weighted by Gasteiger charge is 2.51. The van der Waals surface area contributed by atoms with Crippen LogP contribution < -0.4 is 0 Å². The third-order valence-corrected chi connectivity index (χ3v) is 4.07. The molecule has 0 heterocycles. The molecule has 0 amide bonds. The Morgan fingerprint density at radius 3 is 2.85 bits per heavy atom. The van der Waals surface area contributed by atoms with Gasteiger partial charge in [-0.15, -0.1) is 0 Å². The molecular weight excluding hydrogens is 160 g/mol. The third kappa shape index (κ3) is 1.09. The minimum absolute atomic E-state index is 0.0328. The highest BCUT2D eigenvalue weighted by molar-refractivity contribution is 5.97. The molecule has 3 atom stereocenters. The standard InChI is InChI=1S/C12H18O/c1-8(2)9-6-7-12(3)10(9)4-5-11(12)13/h4-5,8-10H,6-7H2,1-3H3/t9-,10-,12+/m1/s1. The van der Waals surface area contributed by atoms with Crippen LogP contribution in [0.2, 0.25) is 0 Å². The van der Waals surface area contributed by atoms with Crippen molar-refractivity contribution in [2.24, 2.45) is 23.2 Å². The van der Waals surface area contributed by atoms with Crippen molar-refractivity contribution in [3.63, 3.8) is 0 Å². The Morgan fingerprint density at radius 2 is 2.23 bits per heavy atom. The van der Waals surface area contributed by atoms with E-state index in [0.29, 0.717) is 17.6 Å². The van der Waals surface area contributed by atoms with Gasteiger partial charge < -0.3 is 0 Å². The molecular formula is C12H18O. The summed E-state index contributed by atoms with van der Waals surface area (Å²) >= 11 is 0. The van der Waals surface area contributed by atoms with E-state index in [4.69, 9.17) is 0 Å². The summed E-state index contributed by atoms with van der Waals surface area (Å²) in [4.78, 5) is 11.7.